The Kier molecular flexibility index (Phi) is 6.70. The van der Waals surface area contributed by atoms with Crippen molar-refractivity contribution >= 4 is 21.6 Å². The van der Waals surface area contributed by atoms with Gasteiger partial charge in [-0.2, -0.15) is 0 Å². The number of nitrogens with zero attached hydrogens (tertiary/aromatic N) is 2. The number of benzene rings is 1. The summed E-state index contributed by atoms with van der Waals surface area (Å²) < 4.78 is 24.5. The smallest absolute Gasteiger partial charge is 0.289 e. The summed E-state index contributed by atoms with van der Waals surface area (Å²) in [5, 5.41) is 14.3. The molecule has 1 unspecified atom stereocenters. The summed E-state index contributed by atoms with van der Waals surface area (Å²) >= 11 is 0. The predicted octanol–water partition coefficient (Wildman–Crippen LogP) is 1.23. The van der Waals surface area contributed by atoms with Gasteiger partial charge in [0.2, 0.25) is 5.91 Å². The van der Waals surface area contributed by atoms with E-state index in [1.165, 1.54) is 25.0 Å². The van der Waals surface area contributed by atoms with Crippen LogP contribution in [0.25, 0.3) is 0 Å². The summed E-state index contributed by atoms with van der Waals surface area (Å²) in [4.78, 5) is 25.9. The molecule has 0 saturated heterocycles. The molecule has 1 aromatic rings. The highest BCUT2D eigenvalue weighted by atomic mass is 32.2. The number of rotatable bonds is 10. The van der Waals surface area contributed by atoms with E-state index in [1.54, 1.807) is 0 Å². The van der Waals surface area contributed by atoms with Crippen LogP contribution in [-0.4, -0.2) is 43.3 Å². The maximum Gasteiger partial charge on any atom is 0.289 e. The van der Waals surface area contributed by atoms with Crippen LogP contribution in [0.4, 0.5) is 5.69 Å². The minimum Gasteiger partial charge on any atom is -0.388 e. The van der Waals surface area contributed by atoms with Gasteiger partial charge in [-0.15, -0.1) is 4.83 Å². The second-order valence-electron chi connectivity index (χ2n) is 7.20. The molecule has 0 bridgehead atoms. The van der Waals surface area contributed by atoms with E-state index in [0.717, 1.165) is 37.6 Å². The second-order valence-corrected chi connectivity index (χ2v) is 8.85. The fourth-order valence-electron chi connectivity index (χ4n) is 3.38. The molecule has 1 fully saturated rings. The maximum atomic E-state index is 12.3. The monoisotopic (exact) mass is 423 g/mol. The number of amides is 1. The summed E-state index contributed by atoms with van der Waals surface area (Å²) in [6.45, 7) is 1.78. The molecule has 11 heteroatoms. The van der Waals surface area contributed by atoms with E-state index in [4.69, 9.17) is 0 Å². The van der Waals surface area contributed by atoms with Crippen LogP contribution < -0.4 is 15.6 Å². The van der Waals surface area contributed by atoms with Crippen molar-refractivity contribution < 1.29 is 18.1 Å². The summed E-state index contributed by atoms with van der Waals surface area (Å²) in [6.07, 6.45) is 8.07. The van der Waals surface area contributed by atoms with Crippen molar-refractivity contribution in [2.45, 2.75) is 43.0 Å². The number of hydrogen-bond donors (Lipinski definition) is 3. The molecule has 3 N–H and O–H groups in total. The molecule has 0 spiro atoms. The summed E-state index contributed by atoms with van der Waals surface area (Å²) in [6, 6.07) is 5.46. The molecule has 3 rings (SSSR count). The Balaban J connectivity index is 1.42. The van der Waals surface area contributed by atoms with Crippen LogP contribution in [-0.2, 0) is 14.8 Å². The SMILES string of the molecule is O=C(CCCCN1C=CNCC1C1CC1)NNS(=O)(=O)c1ccccc1[N+](=O)[O-]. The van der Waals surface area contributed by atoms with Crippen molar-refractivity contribution in [3.63, 3.8) is 0 Å². The lowest BCUT2D eigenvalue weighted by Crippen LogP contribution is -2.43. The highest BCUT2D eigenvalue weighted by Gasteiger charge is 2.34. The molecule has 10 nitrogen and oxygen atoms in total. The third-order valence-electron chi connectivity index (χ3n) is 5.05. The summed E-state index contributed by atoms with van der Waals surface area (Å²) in [5.41, 5.74) is 1.57. The number of nitro benzene ring substituents is 1. The molecular formula is C18H25N5O5S. The maximum absolute atomic E-state index is 12.3. The van der Waals surface area contributed by atoms with E-state index in [1.807, 2.05) is 17.2 Å². The molecule has 158 valence electrons. The van der Waals surface area contributed by atoms with Crippen molar-refractivity contribution in [2.24, 2.45) is 5.92 Å². The zero-order chi connectivity index (χ0) is 20.9. The molecular weight excluding hydrogens is 398 g/mol. The molecule has 1 heterocycles. The van der Waals surface area contributed by atoms with Gasteiger partial charge in [-0.25, -0.2) is 8.42 Å². The van der Waals surface area contributed by atoms with Crippen LogP contribution in [0.2, 0.25) is 0 Å². The van der Waals surface area contributed by atoms with Crippen LogP contribution >= 0.6 is 0 Å². The molecule has 0 aromatic heterocycles. The number of hydrogen-bond acceptors (Lipinski definition) is 7. The fourth-order valence-corrected chi connectivity index (χ4v) is 4.41. The van der Waals surface area contributed by atoms with Gasteiger partial charge in [0.1, 0.15) is 0 Å². The van der Waals surface area contributed by atoms with Gasteiger partial charge in [0, 0.05) is 44.0 Å². The Bertz CT molecular complexity index is 884. The number of nitrogens with one attached hydrogen (secondary N) is 3. The minimum absolute atomic E-state index is 0.156. The van der Waals surface area contributed by atoms with Crippen LogP contribution in [0.15, 0.2) is 41.6 Å². The van der Waals surface area contributed by atoms with Gasteiger partial charge in [-0.3, -0.25) is 20.3 Å². The largest absolute Gasteiger partial charge is 0.388 e. The van der Waals surface area contributed by atoms with E-state index >= 15 is 0 Å². The number of carbonyl (C=O) groups excluding carboxylic acids is 1. The predicted molar refractivity (Wildman–Crippen MR) is 106 cm³/mol. The normalized spacial score (nSPS) is 18.9. The first kappa shape index (κ1) is 21.1. The average molecular weight is 423 g/mol. The fraction of sp³-hybridized carbons (Fsp3) is 0.500. The van der Waals surface area contributed by atoms with E-state index in [9.17, 15) is 23.3 Å². The number of sulfonamides is 1. The highest BCUT2D eigenvalue weighted by molar-refractivity contribution is 7.89. The van der Waals surface area contributed by atoms with Crippen molar-refractivity contribution in [1.29, 1.82) is 0 Å². The number of nitro groups is 1. The number of unbranched alkanes of at least 4 members (excludes halogenated alkanes) is 1. The van der Waals surface area contributed by atoms with Crippen LogP contribution in [0.1, 0.15) is 32.1 Å². The van der Waals surface area contributed by atoms with Crippen molar-refractivity contribution in [3.05, 3.63) is 46.8 Å². The first-order chi connectivity index (χ1) is 13.9. The number of para-hydroxylation sites is 1. The molecule has 29 heavy (non-hydrogen) atoms. The molecule has 0 radical (unpaired) electrons. The number of carbonyl (C=O) groups is 1. The Morgan fingerprint density at radius 1 is 1.28 bits per heavy atom. The summed E-state index contributed by atoms with van der Waals surface area (Å²) in [5.74, 6) is 0.258. The van der Waals surface area contributed by atoms with Gasteiger partial charge < -0.3 is 10.2 Å². The van der Waals surface area contributed by atoms with E-state index < -0.39 is 31.4 Å². The lowest BCUT2D eigenvalue weighted by Gasteiger charge is -2.34. The highest BCUT2D eigenvalue weighted by Crippen LogP contribution is 2.36. The van der Waals surface area contributed by atoms with Gasteiger partial charge in [0.05, 0.1) is 4.92 Å². The standard InChI is InChI=1S/C18H25N5O5S/c24-18(7-3-4-11-22-12-10-19-13-16(22)14-8-9-14)20-21-29(27,28)17-6-2-1-5-15(17)23(25)26/h1-2,5-6,10,12,14,16,19,21H,3-4,7-9,11,13H2,(H,20,24). The van der Waals surface area contributed by atoms with Gasteiger partial charge in [0.15, 0.2) is 4.90 Å². The quantitative estimate of drug-likeness (QED) is 0.293. The molecule has 1 aliphatic heterocycles. The lowest BCUT2D eigenvalue weighted by molar-refractivity contribution is -0.387. The Morgan fingerprint density at radius 2 is 2.03 bits per heavy atom. The molecule has 1 aliphatic carbocycles. The Morgan fingerprint density at radius 3 is 2.76 bits per heavy atom. The zero-order valence-corrected chi connectivity index (χ0v) is 16.7. The first-order valence-electron chi connectivity index (χ1n) is 9.58. The molecule has 1 saturated carbocycles. The molecule has 1 aromatic carbocycles. The van der Waals surface area contributed by atoms with Crippen molar-refractivity contribution in [3.8, 4) is 0 Å². The topological polar surface area (TPSA) is 134 Å². The molecule has 2 aliphatic rings. The van der Waals surface area contributed by atoms with Gasteiger partial charge >= 0.3 is 0 Å². The van der Waals surface area contributed by atoms with Crippen molar-refractivity contribution in [2.75, 3.05) is 13.1 Å². The Hall–Kier alpha value is -2.66. The van der Waals surface area contributed by atoms with E-state index in [0.29, 0.717) is 12.5 Å². The third kappa shape index (κ3) is 5.67. The second kappa shape index (κ2) is 9.23. The van der Waals surface area contributed by atoms with E-state index in [2.05, 4.69) is 15.6 Å². The van der Waals surface area contributed by atoms with Crippen molar-refractivity contribution in [1.82, 2.24) is 20.5 Å². The summed E-state index contributed by atoms with van der Waals surface area (Å²) in [7, 11) is -4.24. The van der Waals surface area contributed by atoms with Crippen LogP contribution in [0.5, 0.6) is 0 Å². The van der Waals surface area contributed by atoms with E-state index in [-0.39, 0.29) is 6.42 Å². The minimum atomic E-state index is -4.24. The first-order valence-corrected chi connectivity index (χ1v) is 11.1. The van der Waals surface area contributed by atoms with Crippen LogP contribution in [0, 0.1) is 16.0 Å². The average Bonchev–Trinajstić information content (AvgIpc) is 3.55. The Labute approximate surface area is 169 Å². The van der Waals surface area contributed by atoms with Gasteiger partial charge in [-0.05, 0) is 37.7 Å². The lowest BCUT2D eigenvalue weighted by atomic mass is 10.1. The molecule has 1 atom stereocenters. The van der Waals surface area contributed by atoms with Crippen LogP contribution in [0.3, 0.4) is 0 Å². The zero-order valence-electron chi connectivity index (χ0n) is 15.9. The molecule has 1 amide bonds. The van der Waals surface area contributed by atoms with Gasteiger partial charge in [0.25, 0.3) is 15.7 Å². The third-order valence-corrected chi connectivity index (χ3v) is 6.34. The number of hydrazine groups is 1. The van der Waals surface area contributed by atoms with Gasteiger partial charge in [-0.1, -0.05) is 12.1 Å².